The van der Waals surface area contributed by atoms with Gasteiger partial charge in [0.15, 0.2) is 0 Å². The first-order valence-corrected chi connectivity index (χ1v) is 9.86. The fourth-order valence-corrected chi connectivity index (χ4v) is 3.03. The van der Waals surface area contributed by atoms with Crippen LogP contribution < -0.4 is 21.0 Å². The minimum Gasteiger partial charge on any atom is -0.459 e. The smallest absolute Gasteiger partial charge is 0.303 e. The third kappa shape index (κ3) is 6.39. The molecule has 0 radical (unpaired) electrons. The molecule has 1 aliphatic rings. The van der Waals surface area contributed by atoms with Crippen LogP contribution in [0, 0.1) is 5.82 Å². The number of carbonyl (C=O) groups is 2. The zero-order valence-electron chi connectivity index (χ0n) is 17.4. The van der Waals surface area contributed by atoms with Gasteiger partial charge in [-0.1, -0.05) is 0 Å². The van der Waals surface area contributed by atoms with Gasteiger partial charge in [0.1, 0.15) is 24.1 Å². The molecule has 0 fully saturated rings. The van der Waals surface area contributed by atoms with E-state index in [1.54, 1.807) is 24.7 Å². The summed E-state index contributed by atoms with van der Waals surface area (Å²) >= 11 is 0. The van der Waals surface area contributed by atoms with Crippen molar-refractivity contribution in [3.8, 4) is 11.1 Å². The summed E-state index contributed by atoms with van der Waals surface area (Å²) in [7, 11) is 0. The minimum absolute atomic E-state index is 0.165. The van der Waals surface area contributed by atoms with E-state index in [1.807, 2.05) is 17.0 Å². The second-order valence-electron chi connectivity index (χ2n) is 7.00. The zero-order chi connectivity index (χ0) is 22.2. The molecule has 1 atom stereocenters. The molecule has 3 N–H and O–H groups in total. The van der Waals surface area contributed by atoms with E-state index in [1.165, 1.54) is 19.9 Å². The lowest BCUT2D eigenvalue weighted by Crippen LogP contribution is -2.37. The molecular formula is C21H25FN6O3. The van der Waals surface area contributed by atoms with Crippen LogP contribution >= 0.6 is 0 Å². The van der Waals surface area contributed by atoms with Crippen molar-refractivity contribution < 1.29 is 18.7 Å². The van der Waals surface area contributed by atoms with Crippen LogP contribution in [-0.4, -0.2) is 55.5 Å². The number of carbonyl (C=O) groups excluding carboxylic acids is 2. The normalized spacial score (nSPS) is 13.8. The maximum Gasteiger partial charge on any atom is 0.303 e. The van der Waals surface area contributed by atoms with E-state index in [0.29, 0.717) is 16.8 Å². The Labute approximate surface area is 179 Å². The summed E-state index contributed by atoms with van der Waals surface area (Å²) in [4.78, 5) is 28.7. The summed E-state index contributed by atoms with van der Waals surface area (Å²) in [6.07, 6.45) is 2.72. The Morgan fingerprint density at radius 2 is 2.10 bits per heavy atom. The number of hydrogen-bond acceptors (Lipinski definition) is 8. The molecule has 3 rings (SSSR count). The number of nitrogens with zero attached hydrogens (tertiary/aromatic N) is 3. The van der Waals surface area contributed by atoms with Crippen LogP contribution in [0.15, 0.2) is 41.6 Å². The van der Waals surface area contributed by atoms with Gasteiger partial charge in [0.2, 0.25) is 5.91 Å². The van der Waals surface area contributed by atoms with E-state index in [0.717, 1.165) is 18.9 Å². The molecule has 1 amide bonds. The second kappa shape index (κ2) is 10.4. The monoisotopic (exact) mass is 428 g/mol. The number of halogens is 1. The Balaban J connectivity index is 1.65. The molecule has 0 aliphatic carbocycles. The van der Waals surface area contributed by atoms with E-state index >= 15 is 0 Å². The molecule has 0 bridgehead atoms. The van der Waals surface area contributed by atoms with Crippen LogP contribution in [-0.2, 0) is 14.3 Å². The van der Waals surface area contributed by atoms with Crippen molar-refractivity contribution in [2.45, 2.75) is 20.0 Å². The molecule has 2 aromatic rings. The lowest BCUT2D eigenvalue weighted by Gasteiger charge is -2.21. The lowest BCUT2D eigenvalue weighted by molar-refractivity contribution is -0.146. The van der Waals surface area contributed by atoms with E-state index in [2.05, 4.69) is 26.1 Å². The van der Waals surface area contributed by atoms with Crippen molar-refractivity contribution in [2.75, 3.05) is 36.4 Å². The summed E-state index contributed by atoms with van der Waals surface area (Å²) in [5.74, 6) is -0.351. The molecule has 0 saturated heterocycles. The Morgan fingerprint density at radius 3 is 2.71 bits per heavy atom. The van der Waals surface area contributed by atoms with Crippen LogP contribution in [0.1, 0.15) is 13.8 Å². The largest absolute Gasteiger partial charge is 0.459 e. The van der Waals surface area contributed by atoms with E-state index in [9.17, 15) is 14.0 Å². The number of amides is 1. The number of aromatic nitrogens is 1. The van der Waals surface area contributed by atoms with Crippen LogP contribution in [0.2, 0.25) is 0 Å². The fraction of sp³-hybridized carbons (Fsp3) is 0.333. The minimum atomic E-state index is -0.575. The van der Waals surface area contributed by atoms with Crippen molar-refractivity contribution in [1.29, 1.82) is 0 Å². The van der Waals surface area contributed by atoms with Gasteiger partial charge >= 0.3 is 5.97 Å². The summed E-state index contributed by atoms with van der Waals surface area (Å²) in [5, 5.41) is 9.64. The third-order valence-corrected chi connectivity index (χ3v) is 4.52. The van der Waals surface area contributed by atoms with E-state index < -0.39 is 17.9 Å². The van der Waals surface area contributed by atoms with Gasteiger partial charge in [-0.2, -0.15) is 5.10 Å². The number of benzene rings is 1. The highest BCUT2D eigenvalue weighted by Gasteiger charge is 2.14. The van der Waals surface area contributed by atoms with E-state index in [4.69, 9.17) is 4.74 Å². The molecule has 9 nitrogen and oxygen atoms in total. The SMILES string of the molecule is CC(=O)NC[C@@H](CNc1ccc(-c2ccc(N3C=NNCC3)nc2)c(F)c1)OC(C)=O. The Bertz CT molecular complexity index is 951. The van der Waals surface area contributed by atoms with Crippen LogP contribution in [0.3, 0.4) is 0 Å². The summed E-state index contributed by atoms with van der Waals surface area (Å²) in [6.45, 7) is 4.54. The number of esters is 1. The molecule has 2 heterocycles. The quantitative estimate of drug-likeness (QED) is 0.550. The molecule has 0 spiro atoms. The van der Waals surface area contributed by atoms with Crippen molar-refractivity contribution in [1.82, 2.24) is 15.7 Å². The van der Waals surface area contributed by atoms with Gasteiger partial charge in [0.05, 0.1) is 19.6 Å². The van der Waals surface area contributed by atoms with Crippen molar-refractivity contribution in [3.63, 3.8) is 0 Å². The maximum atomic E-state index is 14.7. The molecule has 10 heteroatoms. The highest BCUT2D eigenvalue weighted by Crippen LogP contribution is 2.26. The Kier molecular flexibility index (Phi) is 7.36. The van der Waals surface area contributed by atoms with Crippen LogP contribution in [0.25, 0.3) is 11.1 Å². The molecule has 1 aliphatic heterocycles. The van der Waals surface area contributed by atoms with Crippen molar-refractivity contribution in [2.24, 2.45) is 5.10 Å². The number of rotatable bonds is 8. The Hall–Kier alpha value is -3.69. The molecule has 0 saturated carbocycles. The predicted molar refractivity (Wildman–Crippen MR) is 116 cm³/mol. The second-order valence-corrected chi connectivity index (χ2v) is 7.00. The van der Waals surface area contributed by atoms with Crippen molar-refractivity contribution in [3.05, 3.63) is 42.3 Å². The molecule has 164 valence electrons. The first kappa shape index (κ1) is 22.0. The van der Waals surface area contributed by atoms with E-state index in [-0.39, 0.29) is 19.0 Å². The molecule has 31 heavy (non-hydrogen) atoms. The van der Waals surface area contributed by atoms with Gasteiger partial charge in [0, 0.05) is 43.4 Å². The van der Waals surface area contributed by atoms with Gasteiger partial charge in [-0.3, -0.25) is 9.59 Å². The molecule has 0 unspecified atom stereocenters. The highest BCUT2D eigenvalue weighted by molar-refractivity contribution is 5.78. The fourth-order valence-electron chi connectivity index (χ4n) is 3.03. The Morgan fingerprint density at radius 1 is 1.26 bits per heavy atom. The topological polar surface area (TPSA) is 108 Å². The summed E-state index contributed by atoms with van der Waals surface area (Å²) in [6, 6.07) is 8.40. The van der Waals surface area contributed by atoms with Gasteiger partial charge in [0.25, 0.3) is 0 Å². The average Bonchev–Trinajstić information content (AvgIpc) is 2.76. The number of hydrogen-bond donors (Lipinski definition) is 3. The van der Waals surface area contributed by atoms with Gasteiger partial charge in [-0.05, 0) is 30.3 Å². The number of nitrogens with one attached hydrogen (secondary N) is 3. The zero-order valence-corrected chi connectivity index (χ0v) is 17.4. The number of hydrazone groups is 1. The maximum absolute atomic E-state index is 14.7. The van der Waals surface area contributed by atoms with Gasteiger partial charge < -0.3 is 25.7 Å². The van der Waals surface area contributed by atoms with Crippen LogP contribution in [0.4, 0.5) is 15.9 Å². The predicted octanol–water partition coefficient (Wildman–Crippen LogP) is 1.72. The van der Waals surface area contributed by atoms with Gasteiger partial charge in [-0.25, -0.2) is 9.37 Å². The standard InChI is InChI=1S/C21H25FN6O3/c1-14(29)23-11-18(31-15(2)30)12-24-17-4-5-19(20(22)9-17)16-3-6-21(25-10-16)28-8-7-26-27-13-28/h3-6,9-10,13,18,24,26H,7-8,11-12H2,1-2H3,(H,23,29)/t18-/m0/s1. The third-order valence-electron chi connectivity index (χ3n) is 4.52. The number of anilines is 2. The van der Waals surface area contributed by atoms with Gasteiger partial charge in [-0.15, -0.1) is 0 Å². The average molecular weight is 428 g/mol. The number of pyridine rings is 1. The summed E-state index contributed by atoms with van der Waals surface area (Å²) in [5.41, 5.74) is 4.48. The molecule has 1 aromatic carbocycles. The molecule has 1 aromatic heterocycles. The first-order chi connectivity index (χ1) is 14.9. The first-order valence-electron chi connectivity index (χ1n) is 9.86. The van der Waals surface area contributed by atoms with Crippen LogP contribution in [0.5, 0.6) is 0 Å². The summed E-state index contributed by atoms with van der Waals surface area (Å²) < 4.78 is 19.9. The number of ether oxygens (including phenoxy) is 1. The molecular weight excluding hydrogens is 403 g/mol. The van der Waals surface area contributed by atoms with Crippen molar-refractivity contribution >= 4 is 29.7 Å². The lowest BCUT2D eigenvalue weighted by atomic mass is 10.1. The highest BCUT2D eigenvalue weighted by atomic mass is 19.1.